The predicted octanol–water partition coefficient (Wildman–Crippen LogP) is 18.2. The van der Waals surface area contributed by atoms with Gasteiger partial charge in [0.15, 0.2) is 0 Å². The monoisotopic (exact) mass is 1490 g/mol. The van der Waals surface area contributed by atoms with E-state index in [2.05, 4.69) is 9.05 Å². The summed E-state index contributed by atoms with van der Waals surface area (Å²) < 4.78 is 706. The van der Waals surface area contributed by atoms with E-state index in [1.165, 1.54) is 0 Å². The average molecular weight is 1490 g/mol. The molecule has 88 heavy (non-hydrogen) atoms. The second-order valence-electron chi connectivity index (χ2n) is 17.0. The number of thioether (sulfide) groups is 2. The van der Waals surface area contributed by atoms with Gasteiger partial charge in [0.1, 0.15) is 4.08 Å². The Morgan fingerprint density at radius 2 is 0.398 bits per heavy atom. The number of phosphoric acid groups is 1. The number of rotatable bonds is 28. The third-order valence-corrected chi connectivity index (χ3v) is 15.1. The summed E-state index contributed by atoms with van der Waals surface area (Å²) in [7, 11) is -5.81. The molecule has 1 aliphatic heterocycles. The summed E-state index contributed by atoms with van der Waals surface area (Å²) in [5.41, 5.74) is 0. The van der Waals surface area contributed by atoms with E-state index in [1.807, 2.05) is 0 Å². The zero-order valence-electron chi connectivity index (χ0n) is 38.6. The highest BCUT2D eigenvalue weighted by Gasteiger charge is 3.02. The topological polar surface area (TPSA) is 55.8 Å². The molecular weight excluding hydrogens is 1480 g/mol. The second kappa shape index (κ2) is 21.9. The molecule has 0 aromatic carbocycles. The number of hydrogen-bond acceptors (Lipinski definition) is 5. The van der Waals surface area contributed by atoms with Crippen LogP contribution < -0.4 is 0 Å². The molecule has 57 heteroatoms. The molecule has 1 N–H and O–H groups in total. The smallest absolute Gasteiger partial charge is 0.302 e. The van der Waals surface area contributed by atoms with Crippen molar-refractivity contribution in [3.8, 4) is 0 Å². The third kappa shape index (κ3) is 11.1. The Hall–Kier alpha value is -2.69. The second-order valence-corrected chi connectivity index (χ2v) is 21.7. The Kier molecular flexibility index (Phi) is 20.8. The summed E-state index contributed by atoms with van der Waals surface area (Å²) in [6.07, 6.45) is -24.5. The van der Waals surface area contributed by atoms with Crippen molar-refractivity contribution >= 4 is 31.3 Å². The minimum absolute atomic E-state index is 1.27. The van der Waals surface area contributed by atoms with Crippen molar-refractivity contribution in [3.05, 3.63) is 0 Å². The summed E-state index contributed by atoms with van der Waals surface area (Å²) >= 11 is -2.54. The van der Waals surface area contributed by atoms with Crippen LogP contribution in [0.3, 0.4) is 0 Å². The lowest BCUT2D eigenvalue weighted by Crippen LogP contribution is -2.78. The van der Waals surface area contributed by atoms with Gasteiger partial charge in [-0.3, -0.25) is 9.05 Å². The van der Waals surface area contributed by atoms with Gasteiger partial charge >= 0.3 is 150 Å². The molecule has 4 nitrogen and oxygen atoms in total. The van der Waals surface area contributed by atoms with Gasteiger partial charge < -0.3 is 4.89 Å². The molecule has 1 fully saturated rings. The maximum absolute atomic E-state index is 14.6. The molecule has 528 valence electrons. The summed E-state index contributed by atoms with van der Waals surface area (Å²) in [5.74, 6) is -213. The van der Waals surface area contributed by atoms with Gasteiger partial charge in [-0.1, -0.05) is 0 Å². The summed E-state index contributed by atoms with van der Waals surface area (Å²) in [6, 6.07) is 0. The SMILES string of the molecule is O=P1(O)OCC(SCCC(F)(F)C(F)(F)C(F)(F)C(F)(F)C(F)(F)C(F)(F)C(F)(F)C(F)(F)C(F)(F)C(F)(F)C(F)(F)C(F)(F)F)(SCCC(F)(F)C(F)(F)C(F)(F)C(F)(F)C(F)(F)C(F)(F)C(F)(F)C(F)(F)C(F)(F)C(F)(F)C(F)(F)C(F)(F)F)CO1. The number of halogens is 50. The quantitative estimate of drug-likeness (QED) is 0.0479. The van der Waals surface area contributed by atoms with Crippen LogP contribution in [-0.2, 0) is 13.6 Å². The highest BCUT2D eigenvalue weighted by molar-refractivity contribution is 8.18. The zero-order valence-corrected chi connectivity index (χ0v) is 41.1. The lowest BCUT2D eigenvalue weighted by molar-refractivity contribution is -0.482. The van der Waals surface area contributed by atoms with Gasteiger partial charge in [0.2, 0.25) is 0 Å². The van der Waals surface area contributed by atoms with Crippen molar-refractivity contribution in [3.63, 3.8) is 0 Å². The first-order chi connectivity index (χ1) is 37.3. The van der Waals surface area contributed by atoms with Crippen LogP contribution in [0.2, 0.25) is 0 Å². The first kappa shape index (κ1) is 83.3. The van der Waals surface area contributed by atoms with Crippen LogP contribution in [0.25, 0.3) is 0 Å². The van der Waals surface area contributed by atoms with Gasteiger partial charge in [-0.25, -0.2) is 4.57 Å². The lowest BCUT2D eigenvalue weighted by Gasteiger charge is -2.45. The van der Waals surface area contributed by atoms with Crippen molar-refractivity contribution in [2.75, 3.05) is 24.7 Å². The normalized spacial score (nSPS) is 18.9. The molecule has 0 amide bonds. The third-order valence-electron chi connectivity index (χ3n) is 11.2. The largest absolute Gasteiger partial charge is 0.472 e. The number of alkyl halides is 50. The van der Waals surface area contributed by atoms with Gasteiger partial charge in [0.05, 0.1) is 13.2 Å². The Morgan fingerprint density at radius 3 is 0.545 bits per heavy atom. The Bertz CT molecular complexity index is 2360. The molecule has 1 aliphatic rings. The fourth-order valence-corrected chi connectivity index (χ4v) is 9.72. The van der Waals surface area contributed by atoms with Crippen molar-refractivity contribution in [1.29, 1.82) is 0 Å². The fraction of sp³-hybridized carbons (Fsp3) is 1.00. The summed E-state index contributed by atoms with van der Waals surface area (Å²) in [6.45, 7) is -4.50. The molecular formula is C31H13F50O4PS2. The minimum Gasteiger partial charge on any atom is -0.302 e. The first-order valence-electron chi connectivity index (χ1n) is 19.7. The minimum atomic E-state index is -10.1. The van der Waals surface area contributed by atoms with Crippen molar-refractivity contribution in [2.24, 2.45) is 0 Å². The molecule has 0 aromatic rings. The van der Waals surface area contributed by atoms with Gasteiger partial charge in [-0.05, 0) is 0 Å². The van der Waals surface area contributed by atoms with E-state index < -0.39 is 216 Å². The van der Waals surface area contributed by atoms with Crippen LogP contribution in [-0.4, -0.2) is 176 Å². The van der Waals surface area contributed by atoms with E-state index >= 15 is 0 Å². The van der Waals surface area contributed by atoms with E-state index in [1.54, 1.807) is 0 Å². The summed E-state index contributed by atoms with van der Waals surface area (Å²) in [4.78, 5) is 9.23. The molecule has 1 saturated heterocycles. The van der Waals surface area contributed by atoms with Gasteiger partial charge in [-0.15, -0.1) is 23.5 Å². The van der Waals surface area contributed by atoms with Crippen molar-refractivity contribution < 1.29 is 238 Å². The fourth-order valence-electron chi connectivity index (χ4n) is 5.66. The zero-order chi connectivity index (χ0) is 72.1. The Morgan fingerprint density at radius 1 is 0.261 bits per heavy atom. The molecule has 1 rings (SSSR count). The van der Waals surface area contributed by atoms with E-state index in [9.17, 15) is 229 Å². The predicted molar refractivity (Wildman–Crippen MR) is 180 cm³/mol. The Labute approximate surface area is 454 Å². The van der Waals surface area contributed by atoms with Crippen LogP contribution in [0.4, 0.5) is 220 Å². The molecule has 0 atom stereocenters. The highest BCUT2D eigenvalue weighted by atomic mass is 32.2. The van der Waals surface area contributed by atoms with Crippen LogP contribution in [0, 0.1) is 0 Å². The molecule has 0 radical (unpaired) electrons. The van der Waals surface area contributed by atoms with E-state index in [0.717, 1.165) is 0 Å². The van der Waals surface area contributed by atoms with Gasteiger partial charge in [0, 0.05) is 24.3 Å². The van der Waals surface area contributed by atoms with Crippen molar-refractivity contribution in [2.45, 2.75) is 160 Å². The van der Waals surface area contributed by atoms with Gasteiger partial charge in [0.25, 0.3) is 0 Å². The molecule has 0 aromatic heterocycles. The molecule has 0 saturated carbocycles. The van der Waals surface area contributed by atoms with Crippen LogP contribution in [0.5, 0.6) is 0 Å². The van der Waals surface area contributed by atoms with Crippen LogP contribution in [0.15, 0.2) is 0 Å². The number of phosphoric ester groups is 1. The number of hydrogen-bond donors (Lipinski definition) is 1. The molecule has 0 aliphatic carbocycles. The first-order valence-corrected chi connectivity index (χ1v) is 23.1. The standard InChI is InChI=1S/C31H13F50O4PS2/c32-8(33,10(36,37)12(40,41)14(44,45)16(48,49)18(52,53)20(56,57)22(60,61)24(64,65)26(68,69)28(72,73)30(76,77)78)1-3-87-7(5-84-86(82,83)85-6-7)88-4-2-9(34,35)11(38,39)13(42,43)15(46,47)17(50,51)19(54,55)21(58,59)23(62,63)25(66,67)27(70,71)29(74,75)31(79,80)81/h1-6H2,(H,82,83). The molecule has 0 spiro atoms. The van der Waals surface area contributed by atoms with Crippen LogP contribution in [0.1, 0.15) is 12.8 Å². The van der Waals surface area contributed by atoms with E-state index in [0.29, 0.717) is 0 Å². The molecule has 0 unspecified atom stereocenters. The molecule has 1 heterocycles. The summed E-state index contributed by atoms with van der Waals surface area (Å²) in [5, 5.41) is 0. The van der Waals surface area contributed by atoms with E-state index in [4.69, 9.17) is 0 Å². The van der Waals surface area contributed by atoms with E-state index in [-0.39, 0.29) is 0 Å². The highest BCUT2D eigenvalue weighted by Crippen LogP contribution is 2.71. The maximum atomic E-state index is 14.6. The average Bonchev–Trinajstić information content (AvgIpc) is 3.30. The maximum Gasteiger partial charge on any atom is 0.472 e. The lowest BCUT2D eigenvalue weighted by atomic mass is 9.84. The Balaban J connectivity index is 3.78. The van der Waals surface area contributed by atoms with Crippen LogP contribution >= 0.6 is 31.3 Å². The molecule has 0 bridgehead atoms. The van der Waals surface area contributed by atoms with Crippen molar-refractivity contribution in [1.82, 2.24) is 0 Å². The van der Waals surface area contributed by atoms with Gasteiger partial charge in [-0.2, -0.15) is 220 Å².